The molecule has 0 unspecified atom stereocenters. The first-order valence-corrected chi connectivity index (χ1v) is 7.31. The number of nitrogens with two attached hydrogens (primary N) is 1. The lowest BCUT2D eigenvalue weighted by Crippen LogP contribution is -2.52. The number of rotatable bonds is 4. The summed E-state index contributed by atoms with van der Waals surface area (Å²) in [6.07, 6.45) is 0. The number of carbonyl (C=O) groups excluding carboxylic acids is 1. The summed E-state index contributed by atoms with van der Waals surface area (Å²) in [5, 5.41) is 8.76. The van der Waals surface area contributed by atoms with Crippen LogP contribution in [0.1, 0.15) is 15.9 Å². The molecule has 0 aliphatic carbocycles. The van der Waals surface area contributed by atoms with E-state index in [-0.39, 0.29) is 23.5 Å². The first-order valence-electron chi connectivity index (χ1n) is 5.87. The zero-order valence-electron chi connectivity index (χ0n) is 10.7. The van der Waals surface area contributed by atoms with Crippen LogP contribution in [0.4, 0.5) is 0 Å². The van der Waals surface area contributed by atoms with Gasteiger partial charge < -0.3 is 10.8 Å². The van der Waals surface area contributed by atoms with Crippen molar-refractivity contribution in [1.82, 2.24) is 4.31 Å². The van der Waals surface area contributed by atoms with E-state index in [1.165, 1.54) is 18.2 Å². The molecule has 0 atom stereocenters. The summed E-state index contributed by atoms with van der Waals surface area (Å²) in [6.45, 7) is 1.54. The van der Waals surface area contributed by atoms with Gasteiger partial charge in [0.05, 0.1) is 10.8 Å². The molecule has 7 nitrogen and oxygen atoms in total. The molecule has 0 bridgehead atoms. The van der Waals surface area contributed by atoms with Crippen LogP contribution in [-0.2, 0) is 14.8 Å². The maximum Gasteiger partial charge on any atom is 0.309 e. The lowest BCUT2D eigenvalue weighted by molar-refractivity contribution is -0.145. The number of hydrogen-bond acceptors (Lipinski definition) is 4. The van der Waals surface area contributed by atoms with Crippen molar-refractivity contribution in [2.45, 2.75) is 11.8 Å². The Labute approximate surface area is 116 Å². The van der Waals surface area contributed by atoms with Crippen molar-refractivity contribution in [3.8, 4) is 0 Å². The third-order valence-corrected chi connectivity index (χ3v) is 5.14. The van der Waals surface area contributed by atoms with E-state index >= 15 is 0 Å². The fourth-order valence-electron chi connectivity index (χ4n) is 1.97. The number of nitrogens with zero attached hydrogens (tertiary/aromatic N) is 1. The molecular weight excluding hydrogens is 284 g/mol. The van der Waals surface area contributed by atoms with Gasteiger partial charge in [0.25, 0.3) is 0 Å². The summed E-state index contributed by atoms with van der Waals surface area (Å²) in [7, 11) is -3.78. The Morgan fingerprint density at radius 3 is 2.45 bits per heavy atom. The molecule has 1 aliphatic rings. The highest BCUT2D eigenvalue weighted by molar-refractivity contribution is 7.89. The molecule has 0 aromatic heterocycles. The van der Waals surface area contributed by atoms with Crippen molar-refractivity contribution >= 4 is 21.9 Å². The summed E-state index contributed by atoms with van der Waals surface area (Å²) in [5.74, 6) is -2.39. The number of aliphatic carboxylic acids is 1. The zero-order valence-corrected chi connectivity index (χ0v) is 11.6. The number of carboxylic acids is 1. The Kier molecular flexibility index (Phi) is 3.53. The molecule has 2 rings (SSSR count). The Bertz CT molecular complexity index is 677. The fraction of sp³-hybridized carbons (Fsp3) is 0.333. The molecule has 1 fully saturated rings. The van der Waals surface area contributed by atoms with Gasteiger partial charge in [0, 0.05) is 18.7 Å². The lowest BCUT2D eigenvalue weighted by Gasteiger charge is -2.35. The summed E-state index contributed by atoms with van der Waals surface area (Å²) >= 11 is 0. The molecule has 0 spiro atoms. The highest BCUT2D eigenvalue weighted by Crippen LogP contribution is 2.26. The molecule has 20 heavy (non-hydrogen) atoms. The molecule has 0 radical (unpaired) electrons. The molecule has 3 N–H and O–H groups in total. The van der Waals surface area contributed by atoms with Crippen molar-refractivity contribution in [2.75, 3.05) is 13.1 Å². The van der Waals surface area contributed by atoms with Crippen molar-refractivity contribution < 1.29 is 23.1 Å². The smallest absolute Gasteiger partial charge is 0.309 e. The predicted octanol–water partition coefficient (Wildman–Crippen LogP) is -0.201. The second-order valence-corrected chi connectivity index (χ2v) is 6.64. The van der Waals surface area contributed by atoms with E-state index in [1.807, 2.05) is 0 Å². The summed E-state index contributed by atoms with van der Waals surface area (Å²) in [6, 6.07) is 4.10. The third-order valence-electron chi connectivity index (χ3n) is 3.31. The van der Waals surface area contributed by atoms with E-state index in [4.69, 9.17) is 10.8 Å². The molecule has 1 aromatic rings. The third kappa shape index (κ3) is 2.39. The minimum atomic E-state index is -3.78. The number of aryl methyl sites for hydroxylation is 1. The van der Waals surface area contributed by atoms with Gasteiger partial charge in [-0.05, 0) is 24.6 Å². The van der Waals surface area contributed by atoms with E-state index < -0.39 is 27.8 Å². The van der Waals surface area contributed by atoms with Gasteiger partial charge in [-0.1, -0.05) is 6.07 Å². The van der Waals surface area contributed by atoms with Crippen LogP contribution >= 0.6 is 0 Å². The van der Waals surface area contributed by atoms with Crippen molar-refractivity contribution in [3.05, 3.63) is 29.3 Å². The number of hydrogen-bond donors (Lipinski definition) is 2. The second kappa shape index (κ2) is 4.88. The monoisotopic (exact) mass is 298 g/mol. The lowest BCUT2D eigenvalue weighted by atomic mass is 10.0. The molecule has 1 heterocycles. The zero-order chi connectivity index (χ0) is 15.1. The van der Waals surface area contributed by atoms with Crippen LogP contribution in [0.3, 0.4) is 0 Å². The Balaban J connectivity index is 2.30. The molecule has 8 heteroatoms. The number of benzene rings is 1. The maximum absolute atomic E-state index is 12.2. The minimum absolute atomic E-state index is 0.0549. The fourth-order valence-corrected chi connectivity index (χ4v) is 3.52. The quantitative estimate of drug-likeness (QED) is 0.798. The molecular formula is C12H14N2O5S. The second-order valence-electron chi connectivity index (χ2n) is 4.70. The average Bonchev–Trinajstić information content (AvgIpc) is 2.25. The standard InChI is InChI=1S/C12H14N2O5S/c1-7-2-3-9(4-10(7)11(13)15)20(18,19)14-5-8(6-14)12(16)17/h2-4,8H,5-6H2,1H3,(H2,13,15)(H,16,17). The molecule has 108 valence electrons. The summed E-state index contributed by atoms with van der Waals surface area (Å²) in [4.78, 5) is 21.9. The molecule has 1 aromatic carbocycles. The van der Waals surface area contributed by atoms with Crippen molar-refractivity contribution in [1.29, 1.82) is 0 Å². The Morgan fingerprint density at radius 1 is 1.35 bits per heavy atom. The van der Waals surface area contributed by atoms with Gasteiger partial charge in [0.15, 0.2) is 0 Å². The largest absolute Gasteiger partial charge is 0.481 e. The Hall–Kier alpha value is -1.93. The van der Waals surface area contributed by atoms with Crippen LogP contribution in [0.2, 0.25) is 0 Å². The van der Waals surface area contributed by atoms with E-state index in [0.717, 1.165) is 4.31 Å². The van der Waals surface area contributed by atoms with Crippen LogP contribution in [-0.4, -0.2) is 42.8 Å². The summed E-state index contributed by atoms with van der Waals surface area (Å²) in [5.41, 5.74) is 5.91. The maximum atomic E-state index is 12.2. The van der Waals surface area contributed by atoms with Crippen LogP contribution in [0.5, 0.6) is 0 Å². The number of primary amides is 1. The predicted molar refractivity (Wildman–Crippen MR) is 69.6 cm³/mol. The molecule has 1 amide bonds. The first kappa shape index (κ1) is 14.5. The Morgan fingerprint density at radius 2 is 1.95 bits per heavy atom. The van der Waals surface area contributed by atoms with E-state index in [0.29, 0.717) is 5.56 Å². The van der Waals surface area contributed by atoms with Gasteiger partial charge in [0.2, 0.25) is 15.9 Å². The molecule has 0 saturated carbocycles. The van der Waals surface area contributed by atoms with Gasteiger partial charge >= 0.3 is 5.97 Å². The van der Waals surface area contributed by atoms with Gasteiger partial charge in [-0.15, -0.1) is 0 Å². The first-order chi connectivity index (χ1) is 9.23. The van der Waals surface area contributed by atoms with Gasteiger partial charge in [-0.3, -0.25) is 9.59 Å². The van der Waals surface area contributed by atoms with Gasteiger partial charge in [-0.2, -0.15) is 4.31 Å². The average molecular weight is 298 g/mol. The number of carboxylic acid groups (broad SMARTS) is 1. The van der Waals surface area contributed by atoms with Crippen molar-refractivity contribution in [3.63, 3.8) is 0 Å². The van der Waals surface area contributed by atoms with E-state index in [1.54, 1.807) is 6.92 Å². The summed E-state index contributed by atoms with van der Waals surface area (Å²) < 4.78 is 25.6. The highest BCUT2D eigenvalue weighted by atomic mass is 32.2. The van der Waals surface area contributed by atoms with Crippen molar-refractivity contribution in [2.24, 2.45) is 11.7 Å². The van der Waals surface area contributed by atoms with Crippen LogP contribution in [0.15, 0.2) is 23.1 Å². The van der Waals surface area contributed by atoms with E-state index in [9.17, 15) is 18.0 Å². The normalized spacial score (nSPS) is 16.6. The van der Waals surface area contributed by atoms with Gasteiger partial charge in [0.1, 0.15) is 0 Å². The number of sulfonamides is 1. The van der Waals surface area contributed by atoms with Crippen LogP contribution in [0.25, 0.3) is 0 Å². The van der Waals surface area contributed by atoms with Crippen LogP contribution < -0.4 is 5.73 Å². The highest BCUT2D eigenvalue weighted by Gasteiger charge is 2.40. The van der Waals surface area contributed by atoms with Crippen LogP contribution in [0, 0.1) is 12.8 Å². The van der Waals surface area contributed by atoms with E-state index in [2.05, 4.69) is 0 Å². The SMILES string of the molecule is Cc1ccc(S(=O)(=O)N2CC(C(=O)O)C2)cc1C(N)=O. The number of amides is 1. The number of carbonyl (C=O) groups is 2. The molecule has 1 aliphatic heterocycles. The minimum Gasteiger partial charge on any atom is -0.481 e. The molecule has 1 saturated heterocycles. The van der Waals surface area contributed by atoms with Gasteiger partial charge in [-0.25, -0.2) is 8.42 Å². The topological polar surface area (TPSA) is 118 Å².